The number of nitrogens with one attached hydrogen (secondary N) is 1. The minimum atomic E-state index is -1.41. The fourth-order valence-corrected chi connectivity index (χ4v) is 3.18. The summed E-state index contributed by atoms with van der Waals surface area (Å²) in [5.74, 6) is -0.792. The summed E-state index contributed by atoms with van der Waals surface area (Å²) in [6, 6.07) is 18.7. The number of aliphatic carboxylic acids is 1. The zero-order chi connectivity index (χ0) is 23.2. The summed E-state index contributed by atoms with van der Waals surface area (Å²) in [5.41, 5.74) is 1.71. The summed E-state index contributed by atoms with van der Waals surface area (Å²) in [5, 5.41) is 14.4. The van der Waals surface area contributed by atoms with E-state index in [4.69, 9.17) is 21.1 Å². The molecule has 4 aromatic rings. The topological polar surface area (TPSA) is 113 Å². The van der Waals surface area contributed by atoms with Gasteiger partial charge >= 0.3 is 29.6 Å². The SMILES string of the molecule is O=C(COc1ccc(Oc2cnc3cc(Cl)ccc3n2)cc1)NC(C(=O)[O-])c1ccccc1.[Na+]. The van der Waals surface area contributed by atoms with E-state index in [-0.39, 0.29) is 36.2 Å². The Kier molecular flexibility index (Phi) is 8.84. The third kappa shape index (κ3) is 6.68. The molecule has 34 heavy (non-hydrogen) atoms. The van der Waals surface area contributed by atoms with Gasteiger partial charge in [0.15, 0.2) is 6.61 Å². The Bertz CT molecular complexity index is 1290. The smallest absolute Gasteiger partial charge is 0.548 e. The van der Waals surface area contributed by atoms with Crippen LogP contribution in [0.4, 0.5) is 0 Å². The first-order chi connectivity index (χ1) is 16.0. The van der Waals surface area contributed by atoms with Crippen LogP contribution in [0, 0.1) is 0 Å². The molecule has 0 aliphatic carbocycles. The van der Waals surface area contributed by atoms with Crippen LogP contribution < -0.4 is 49.5 Å². The molecule has 3 aromatic carbocycles. The molecule has 1 amide bonds. The summed E-state index contributed by atoms with van der Waals surface area (Å²) in [4.78, 5) is 32.2. The van der Waals surface area contributed by atoms with Gasteiger partial charge < -0.3 is 24.7 Å². The molecule has 0 aliphatic heterocycles. The van der Waals surface area contributed by atoms with Crippen LogP contribution in [0.2, 0.25) is 5.02 Å². The van der Waals surface area contributed by atoms with Crippen molar-refractivity contribution in [3.8, 4) is 17.4 Å². The minimum Gasteiger partial charge on any atom is -0.548 e. The van der Waals surface area contributed by atoms with E-state index in [1.165, 1.54) is 6.20 Å². The van der Waals surface area contributed by atoms with E-state index >= 15 is 0 Å². The molecule has 0 fully saturated rings. The maximum Gasteiger partial charge on any atom is 1.00 e. The number of hydrogen-bond donors (Lipinski definition) is 1. The van der Waals surface area contributed by atoms with Gasteiger partial charge in [-0.05, 0) is 48.0 Å². The maximum atomic E-state index is 12.2. The number of carboxylic acids is 1. The summed E-state index contributed by atoms with van der Waals surface area (Å²) in [6.45, 7) is -0.366. The molecule has 0 saturated carbocycles. The number of hydrogen-bond acceptors (Lipinski definition) is 7. The average Bonchev–Trinajstić information content (AvgIpc) is 2.82. The van der Waals surface area contributed by atoms with Gasteiger partial charge in [-0.15, -0.1) is 0 Å². The van der Waals surface area contributed by atoms with Crippen LogP contribution in [0.5, 0.6) is 17.4 Å². The minimum absolute atomic E-state index is 0. The number of rotatable bonds is 8. The molecular weight excluding hydrogens is 469 g/mol. The molecule has 0 radical (unpaired) electrons. The Morgan fingerprint density at radius 3 is 2.38 bits per heavy atom. The number of carboxylic acid groups (broad SMARTS) is 1. The number of nitrogens with zero attached hydrogens (tertiary/aromatic N) is 2. The van der Waals surface area contributed by atoms with E-state index in [0.29, 0.717) is 39.0 Å². The molecule has 1 aromatic heterocycles. The van der Waals surface area contributed by atoms with Gasteiger partial charge in [0.05, 0.1) is 29.2 Å². The van der Waals surface area contributed by atoms with E-state index in [1.54, 1.807) is 72.8 Å². The van der Waals surface area contributed by atoms with Gasteiger partial charge in [-0.3, -0.25) is 4.79 Å². The number of carbonyl (C=O) groups excluding carboxylic acids is 2. The average molecular weight is 486 g/mol. The predicted octanol–water partition coefficient (Wildman–Crippen LogP) is 0.0657. The number of halogens is 1. The number of amides is 1. The normalized spacial score (nSPS) is 11.2. The molecule has 10 heteroatoms. The second-order valence-corrected chi connectivity index (χ2v) is 7.37. The molecule has 0 spiro atoms. The molecular formula is C24H17ClN3NaO5. The zero-order valence-corrected chi connectivity index (χ0v) is 20.9. The third-order valence-corrected chi connectivity index (χ3v) is 4.81. The predicted molar refractivity (Wildman–Crippen MR) is 119 cm³/mol. The van der Waals surface area contributed by atoms with Gasteiger partial charge in [-0.1, -0.05) is 41.9 Å². The van der Waals surface area contributed by atoms with Crippen molar-refractivity contribution >= 4 is 34.5 Å². The Morgan fingerprint density at radius 1 is 0.971 bits per heavy atom. The molecule has 1 atom stereocenters. The number of ether oxygens (including phenoxy) is 2. The molecule has 0 aliphatic rings. The van der Waals surface area contributed by atoms with Crippen molar-refractivity contribution in [3.05, 3.63) is 89.6 Å². The van der Waals surface area contributed by atoms with Crippen LogP contribution in [0.3, 0.4) is 0 Å². The summed E-state index contributed by atoms with van der Waals surface area (Å²) in [6.07, 6.45) is 1.49. The van der Waals surface area contributed by atoms with E-state index in [1.807, 2.05) is 0 Å². The van der Waals surface area contributed by atoms with Gasteiger partial charge in [0.25, 0.3) is 5.91 Å². The van der Waals surface area contributed by atoms with E-state index < -0.39 is 17.9 Å². The second-order valence-electron chi connectivity index (χ2n) is 6.93. The van der Waals surface area contributed by atoms with Crippen molar-refractivity contribution < 1.29 is 53.7 Å². The summed E-state index contributed by atoms with van der Waals surface area (Å²) >= 11 is 5.95. The van der Waals surface area contributed by atoms with Gasteiger partial charge in [-0.25, -0.2) is 9.97 Å². The first-order valence-corrected chi connectivity index (χ1v) is 10.2. The van der Waals surface area contributed by atoms with Crippen LogP contribution in [0.1, 0.15) is 11.6 Å². The molecule has 4 rings (SSSR count). The summed E-state index contributed by atoms with van der Waals surface area (Å²) < 4.78 is 11.1. The second kappa shape index (κ2) is 11.8. The Morgan fingerprint density at radius 2 is 1.68 bits per heavy atom. The largest absolute Gasteiger partial charge is 1.00 e. The monoisotopic (exact) mass is 485 g/mol. The summed E-state index contributed by atoms with van der Waals surface area (Å²) in [7, 11) is 0. The van der Waals surface area contributed by atoms with Crippen LogP contribution in [-0.2, 0) is 9.59 Å². The van der Waals surface area contributed by atoms with Crippen LogP contribution in [-0.4, -0.2) is 28.5 Å². The van der Waals surface area contributed by atoms with E-state index in [0.717, 1.165) is 0 Å². The van der Waals surface area contributed by atoms with Crippen LogP contribution >= 0.6 is 11.6 Å². The molecule has 0 saturated heterocycles. The number of fused-ring (bicyclic) bond motifs is 1. The van der Waals surface area contributed by atoms with Crippen molar-refractivity contribution in [1.29, 1.82) is 0 Å². The molecule has 1 heterocycles. The van der Waals surface area contributed by atoms with Gasteiger partial charge in [0, 0.05) is 5.02 Å². The quantitative estimate of drug-likeness (QED) is 0.351. The van der Waals surface area contributed by atoms with Crippen molar-refractivity contribution in [1.82, 2.24) is 15.3 Å². The maximum absolute atomic E-state index is 12.2. The fraction of sp³-hybridized carbons (Fsp3) is 0.0833. The van der Waals surface area contributed by atoms with Crippen molar-refractivity contribution in [2.45, 2.75) is 6.04 Å². The van der Waals surface area contributed by atoms with Crippen LogP contribution in [0.25, 0.3) is 11.0 Å². The zero-order valence-electron chi connectivity index (χ0n) is 18.1. The number of carbonyl (C=O) groups is 2. The molecule has 0 bridgehead atoms. The fourth-order valence-electron chi connectivity index (χ4n) is 3.02. The molecule has 166 valence electrons. The Balaban J connectivity index is 0.00000324. The molecule has 8 nitrogen and oxygen atoms in total. The van der Waals surface area contributed by atoms with E-state index in [9.17, 15) is 14.7 Å². The standard InChI is InChI=1S/C24H18ClN3O5.Na/c25-16-6-11-19-20(12-16)26-13-22(27-19)33-18-9-7-17(8-10-18)32-14-21(29)28-23(24(30)31)15-4-2-1-3-5-15;/h1-13,23H,14H2,(H,28,29)(H,30,31);/q;+1/p-1. The van der Waals surface area contributed by atoms with Gasteiger partial charge in [0.2, 0.25) is 5.88 Å². The Hall–Kier alpha value is -3.17. The van der Waals surface area contributed by atoms with E-state index in [2.05, 4.69) is 15.3 Å². The van der Waals surface area contributed by atoms with Crippen molar-refractivity contribution in [2.24, 2.45) is 0 Å². The molecule has 1 N–H and O–H groups in total. The van der Waals surface area contributed by atoms with Crippen molar-refractivity contribution in [2.75, 3.05) is 6.61 Å². The van der Waals surface area contributed by atoms with Gasteiger partial charge in [0.1, 0.15) is 11.5 Å². The van der Waals surface area contributed by atoms with Crippen LogP contribution in [0.15, 0.2) is 79.0 Å². The molecule has 1 unspecified atom stereocenters. The first-order valence-electron chi connectivity index (χ1n) is 9.86. The Labute approximate surface area is 222 Å². The third-order valence-electron chi connectivity index (χ3n) is 4.57. The number of aromatic nitrogens is 2. The van der Waals surface area contributed by atoms with Gasteiger partial charge in [-0.2, -0.15) is 0 Å². The first kappa shape index (κ1) is 25.5. The van der Waals surface area contributed by atoms with Crippen molar-refractivity contribution in [3.63, 3.8) is 0 Å². The number of benzene rings is 3.